The van der Waals surface area contributed by atoms with E-state index in [-0.39, 0.29) is 12.5 Å². The summed E-state index contributed by atoms with van der Waals surface area (Å²) in [5, 5.41) is 3.45. The predicted molar refractivity (Wildman–Crippen MR) is 126 cm³/mol. The van der Waals surface area contributed by atoms with E-state index in [2.05, 4.69) is 10.2 Å². The van der Waals surface area contributed by atoms with Crippen LogP contribution in [0.3, 0.4) is 0 Å². The molecule has 2 aromatic carbocycles. The largest absolute Gasteiger partial charge is 0.351 e. The van der Waals surface area contributed by atoms with E-state index in [9.17, 15) is 13.2 Å². The summed E-state index contributed by atoms with van der Waals surface area (Å²) in [7, 11) is -3.49. The Balaban J connectivity index is 1.58. The number of halogens is 1. The zero-order valence-corrected chi connectivity index (χ0v) is 19.5. The molecule has 31 heavy (non-hydrogen) atoms. The molecule has 3 rings (SSSR count). The fourth-order valence-electron chi connectivity index (χ4n) is 3.75. The minimum absolute atomic E-state index is 0.115. The smallest absolute Gasteiger partial charge is 0.251 e. The standard InChI is InChI=1S/C23H30ClN3O3S/c1-31(29,30)27(22-8-6-7-21(24)17-22)18-19-9-11-20(12-10-19)23(28)25-13-16-26-14-4-2-3-5-15-26/h6-12,17H,2-5,13-16,18H2,1H3,(H,25,28). The summed E-state index contributed by atoms with van der Waals surface area (Å²) >= 11 is 6.03. The quantitative estimate of drug-likeness (QED) is 0.644. The lowest BCUT2D eigenvalue weighted by Crippen LogP contribution is -2.35. The van der Waals surface area contributed by atoms with Gasteiger partial charge in [0.15, 0.2) is 0 Å². The fourth-order valence-corrected chi connectivity index (χ4v) is 4.81. The van der Waals surface area contributed by atoms with Crippen LogP contribution in [-0.2, 0) is 16.6 Å². The first-order valence-corrected chi connectivity index (χ1v) is 12.9. The molecule has 0 bridgehead atoms. The third-order valence-electron chi connectivity index (χ3n) is 5.45. The number of nitrogens with one attached hydrogen (secondary N) is 1. The second-order valence-corrected chi connectivity index (χ2v) is 10.3. The number of anilines is 1. The van der Waals surface area contributed by atoms with E-state index in [0.717, 1.165) is 25.2 Å². The molecule has 0 radical (unpaired) electrons. The van der Waals surface area contributed by atoms with Gasteiger partial charge in [-0.2, -0.15) is 0 Å². The van der Waals surface area contributed by atoms with E-state index in [1.807, 2.05) is 0 Å². The highest BCUT2D eigenvalue weighted by atomic mass is 35.5. The Morgan fingerprint density at radius 2 is 1.74 bits per heavy atom. The van der Waals surface area contributed by atoms with Gasteiger partial charge in [-0.25, -0.2) is 8.42 Å². The van der Waals surface area contributed by atoms with E-state index < -0.39 is 10.0 Å². The number of amides is 1. The Morgan fingerprint density at radius 1 is 1.06 bits per heavy atom. The number of hydrogen-bond donors (Lipinski definition) is 1. The molecule has 2 aromatic rings. The predicted octanol–water partition coefficient (Wildman–Crippen LogP) is 3.91. The van der Waals surface area contributed by atoms with Crippen molar-refractivity contribution in [2.24, 2.45) is 0 Å². The number of rotatable bonds is 8. The molecular formula is C23H30ClN3O3S. The van der Waals surface area contributed by atoms with Gasteiger partial charge in [0.05, 0.1) is 18.5 Å². The normalized spacial score (nSPS) is 15.3. The Kier molecular flexibility index (Phi) is 8.35. The first kappa shape index (κ1) is 23.6. The molecule has 1 saturated heterocycles. The summed E-state index contributed by atoms with van der Waals surface area (Å²) in [4.78, 5) is 14.9. The van der Waals surface area contributed by atoms with E-state index in [1.165, 1.54) is 36.2 Å². The molecule has 0 aliphatic carbocycles. The van der Waals surface area contributed by atoms with Crippen LogP contribution in [0.15, 0.2) is 48.5 Å². The average Bonchev–Trinajstić information content (AvgIpc) is 3.00. The minimum atomic E-state index is -3.49. The van der Waals surface area contributed by atoms with Crippen molar-refractivity contribution in [2.45, 2.75) is 32.2 Å². The van der Waals surface area contributed by atoms with Gasteiger partial charge < -0.3 is 10.2 Å². The van der Waals surface area contributed by atoms with Crippen molar-refractivity contribution in [3.8, 4) is 0 Å². The van der Waals surface area contributed by atoms with Crippen LogP contribution in [0.25, 0.3) is 0 Å². The summed E-state index contributed by atoms with van der Waals surface area (Å²) in [5.74, 6) is -0.115. The van der Waals surface area contributed by atoms with Gasteiger partial charge in [0, 0.05) is 23.7 Å². The Morgan fingerprint density at radius 3 is 2.35 bits per heavy atom. The highest BCUT2D eigenvalue weighted by Gasteiger charge is 2.18. The van der Waals surface area contributed by atoms with Gasteiger partial charge >= 0.3 is 0 Å². The lowest BCUT2D eigenvalue weighted by atomic mass is 10.1. The molecule has 1 aliphatic heterocycles. The monoisotopic (exact) mass is 463 g/mol. The molecule has 0 atom stereocenters. The number of hydrogen-bond acceptors (Lipinski definition) is 4. The Bertz CT molecular complexity index is 972. The van der Waals surface area contributed by atoms with Crippen LogP contribution in [-0.4, -0.2) is 51.7 Å². The number of likely N-dealkylation sites (tertiary alicyclic amines) is 1. The van der Waals surface area contributed by atoms with Gasteiger partial charge in [0.1, 0.15) is 0 Å². The number of benzene rings is 2. The van der Waals surface area contributed by atoms with Crippen LogP contribution in [0, 0.1) is 0 Å². The Hall–Kier alpha value is -2.09. The van der Waals surface area contributed by atoms with Crippen LogP contribution < -0.4 is 9.62 Å². The van der Waals surface area contributed by atoms with Crippen LogP contribution in [0.4, 0.5) is 5.69 Å². The maximum absolute atomic E-state index is 12.5. The molecule has 1 N–H and O–H groups in total. The fraction of sp³-hybridized carbons (Fsp3) is 0.435. The molecule has 8 heteroatoms. The maximum Gasteiger partial charge on any atom is 0.251 e. The summed E-state index contributed by atoms with van der Waals surface area (Å²) < 4.78 is 25.9. The molecule has 0 aromatic heterocycles. The minimum Gasteiger partial charge on any atom is -0.351 e. The van der Waals surface area contributed by atoms with Crippen molar-refractivity contribution < 1.29 is 13.2 Å². The lowest BCUT2D eigenvalue weighted by Gasteiger charge is -2.23. The summed E-state index contributed by atoms with van der Waals surface area (Å²) in [6.07, 6.45) is 6.22. The number of sulfonamides is 1. The summed E-state index contributed by atoms with van der Waals surface area (Å²) in [6, 6.07) is 13.8. The lowest BCUT2D eigenvalue weighted by molar-refractivity contribution is 0.0948. The molecule has 168 valence electrons. The van der Waals surface area contributed by atoms with Gasteiger partial charge in [-0.05, 0) is 61.8 Å². The van der Waals surface area contributed by atoms with Crippen LogP contribution >= 0.6 is 11.6 Å². The average molecular weight is 464 g/mol. The van der Waals surface area contributed by atoms with Gasteiger partial charge in [-0.3, -0.25) is 9.10 Å². The maximum atomic E-state index is 12.5. The van der Waals surface area contributed by atoms with E-state index in [1.54, 1.807) is 48.5 Å². The van der Waals surface area contributed by atoms with E-state index in [0.29, 0.717) is 22.8 Å². The van der Waals surface area contributed by atoms with Gasteiger partial charge in [0.2, 0.25) is 10.0 Å². The zero-order valence-electron chi connectivity index (χ0n) is 17.9. The van der Waals surface area contributed by atoms with Gasteiger partial charge in [-0.15, -0.1) is 0 Å². The molecule has 1 amide bonds. The van der Waals surface area contributed by atoms with Crippen molar-refractivity contribution in [1.29, 1.82) is 0 Å². The van der Waals surface area contributed by atoms with Crippen molar-refractivity contribution in [3.63, 3.8) is 0 Å². The van der Waals surface area contributed by atoms with Crippen LogP contribution in [0.5, 0.6) is 0 Å². The van der Waals surface area contributed by atoms with E-state index in [4.69, 9.17) is 11.6 Å². The third kappa shape index (κ3) is 7.23. The second kappa shape index (κ2) is 11.0. The molecule has 1 fully saturated rings. The van der Waals surface area contributed by atoms with Crippen molar-refractivity contribution in [3.05, 3.63) is 64.7 Å². The molecular weight excluding hydrogens is 434 g/mol. The Labute approximate surface area is 190 Å². The number of carbonyl (C=O) groups excluding carboxylic acids is 1. The van der Waals surface area contributed by atoms with Crippen molar-refractivity contribution in [2.75, 3.05) is 36.7 Å². The summed E-state index contributed by atoms with van der Waals surface area (Å²) in [5.41, 5.74) is 1.85. The molecule has 1 heterocycles. The topological polar surface area (TPSA) is 69.7 Å². The van der Waals surface area contributed by atoms with Gasteiger partial charge in [-0.1, -0.05) is 42.6 Å². The highest BCUT2D eigenvalue weighted by Crippen LogP contribution is 2.24. The first-order valence-electron chi connectivity index (χ1n) is 10.7. The van der Waals surface area contributed by atoms with E-state index >= 15 is 0 Å². The third-order valence-corrected chi connectivity index (χ3v) is 6.83. The highest BCUT2D eigenvalue weighted by molar-refractivity contribution is 7.92. The van der Waals surface area contributed by atoms with Gasteiger partial charge in [0.25, 0.3) is 5.91 Å². The zero-order chi connectivity index (χ0) is 22.3. The number of carbonyl (C=O) groups is 1. The van der Waals surface area contributed by atoms with Crippen molar-refractivity contribution >= 4 is 33.2 Å². The van der Waals surface area contributed by atoms with Crippen LogP contribution in [0.1, 0.15) is 41.6 Å². The summed E-state index contributed by atoms with van der Waals surface area (Å²) in [6.45, 7) is 3.86. The van der Waals surface area contributed by atoms with Crippen molar-refractivity contribution in [1.82, 2.24) is 10.2 Å². The first-order chi connectivity index (χ1) is 14.8. The molecule has 0 saturated carbocycles. The SMILES string of the molecule is CS(=O)(=O)N(Cc1ccc(C(=O)NCCN2CCCCCC2)cc1)c1cccc(Cl)c1. The molecule has 0 spiro atoms. The van der Waals surface area contributed by atoms with Crippen LogP contribution in [0.2, 0.25) is 5.02 Å². The molecule has 6 nitrogen and oxygen atoms in total. The second-order valence-electron chi connectivity index (χ2n) is 7.96. The number of nitrogens with zero attached hydrogens (tertiary/aromatic N) is 2. The molecule has 0 unspecified atom stereocenters. The molecule has 1 aliphatic rings.